The molecule has 0 radical (unpaired) electrons. The number of hydrogen-bond donors (Lipinski definition) is 0. The zero-order valence-corrected chi connectivity index (χ0v) is 18.1. The third-order valence-electron chi connectivity index (χ3n) is 5.29. The summed E-state index contributed by atoms with van der Waals surface area (Å²) in [6.07, 6.45) is -0.291. The smallest absolute Gasteiger partial charge is 0.269 e. The first-order valence-electron chi connectivity index (χ1n) is 9.88. The molecule has 31 heavy (non-hydrogen) atoms. The van der Waals surface area contributed by atoms with Crippen LogP contribution in [-0.2, 0) is 11.3 Å². The van der Waals surface area contributed by atoms with Crippen molar-refractivity contribution in [3.8, 4) is 0 Å². The van der Waals surface area contributed by atoms with Crippen molar-refractivity contribution in [2.45, 2.75) is 26.6 Å². The summed E-state index contributed by atoms with van der Waals surface area (Å²) in [6, 6.07) is 18.3. The fourth-order valence-corrected chi connectivity index (χ4v) is 4.71. The van der Waals surface area contributed by atoms with E-state index >= 15 is 0 Å². The number of nitro benzene ring substituents is 1. The second kappa shape index (κ2) is 8.79. The maximum absolute atomic E-state index is 13.0. The second-order valence-electron chi connectivity index (χ2n) is 7.46. The number of hydrazone groups is 1. The van der Waals surface area contributed by atoms with Crippen LogP contribution < -0.4 is 0 Å². The summed E-state index contributed by atoms with van der Waals surface area (Å²) in [4.78, 5) is 26.7. The maximum Gasteiger partial charge on any atom is 0.269 e. The van der Waals surface area contributed by atoms with Crippen molar-refractivity contribution in [3.05, 3.63) is 97.7 Å². The average Bonchev–Trinajstić information content (AvgIpc) is 3.31. The number of nitro groups is 1. The number of thiophene rings is 1. The van der Waals surface area contributed by atoms with E-state index in [1.54, 1.807) is 28.5 Å². The van der Waals surface area contributed by atoms with E-state index in [9.17, 15) is 14.9 Å². The minimum absolute atomic E-state index is 0.0231. The van der Waals surface area contributed by atoms with Crippen LogP contribution in [0.1, 0.15) is 34.7 Å². The largest absolute Gasteiger partial charge is 0.271 e. The van der Waals surface area contributed by atoms with E-state index in [0.717, 1.165) is 21.6 Å². The van der Waals surface area contributed by atoms with Crippen LogP contribution in [0.5, 0.6) is 0 Å². The Morgan fingerprint density at radius 1 is 1.16 bits per heavy atom. The van der Waals surface area contributed by atoms with Crippen molar-refractivity contribution in [1.82, 2.24) is 9.91 Å². The highest BCUT2D eigenvalue weighted by atomic mass is 32.1. The Balaban J connectivity index is 1.67. The van der Waals surface area contributed by atoms with Crippen LogP contribution in [-0.4, -0.2) is 33.0 Å². The molecule has 1 atom stereocenters. The summed E-state index contributed by atoms with van der Waals surface area (Å²) in [5.41, 5.74) is 3.64. The lowest BCUT2D eigenvalue weighted by Gasteiger charge is -2.27. The van der Waals surface area contributed by atoms with Gasteiger partial charge < -0.3 is 0 Å². The van der Waals surface area contributed by atoms with E-state index in [1.165, 1.54) is 12.1 Å². The summed E-state index contributed by atoms with van der Waals surface area (Å²) in [6.45, 7) is 4.76. The predicted molar refractivity (Wildman–Crippen MR) is 121 cm³/mol. The molecule has 1 saturated heterocycles. The predicted octanol–water partition coefficient (Wildman–Crippen LogP) is 4.73. The zero-order valence-electron chi connectivity index (χ0n) is 17.3. The van der Waals surface area contributed by atoms with Crippen molar-refractivity contribution in [1.29, 1.82) is 0 Å². The lowest BCUT2D eigenvalue weighted by molar-refractivity contribution is -0.384. The van der Waals surface area contributed by atoms with Gasteiger partial charge in [0.2, 0.25) is 0 Å². The van der Waals surface area contributed by atoms with Crippen LogP contribution in [0.4, 0.5) is 5.69 Å². The molecule has 3 aromatic rings. The Bertz CT molecular complexity index is 1130. The van der Waals surface area contributed by atoms with Crippen LogP contribution in [0.15, 0.2) is 71.1 Å². The Morgan fingerprint density at radius 3 is 2.48 bits per heavy atom. The molecule has 7 nitrogen and oxygen atoms in total. The Hall–Kier alpha value is -3.36. The maximum atomic E-state index is 13.0. The number of carbonyl (C=O) groups is 1. The van der Waals surface area contributed by atoms with Gasteiger partial charge in [0.1, 0.15) is 6.17 Å². The van der Waals surface area contributed by atoms with Crippen molar-refractivity contribution >= 4 is 28.6 Å². The lowest BCUT2D eigenvalue weighted by Crippen LogP contribution is -2.29. The number of carbonyl (C=O) groups excluding carboxylic acids is 1. The van der Waals surface area contributed by atoms with E-state index in [1.807, 2.05) is 37.4 Å². The van der Waals surface area contributed by atoms with Crippen LogP contribution >= 0.6 is 11.3 Å². The molecule has 0 unspecified atom stereocenters. The molecule has 2 aromatic carbocycles. The third-order valence-corrected chi connectivity index (χ3v) is 6.35. The lowest BCUT2D eigenvalue weighted by atomic mass is 10.1. The topological polar surface area (TPSA) is 79.0 Å². The standard InChI is InChI=1S/C23H22N4O3S/c1-16-12-13-31-22(16)23-25(14-18-6-4-3-5-7-18)15-21(28)26(23)24-17(2)19-8-10-20(11-9-19)27(29)30/h3-13,23H,14-15H2,1-2H3/b24-17-/t23-/m1/s1. The van der Waals surface area contributed by atoms with Gasteiger partial charge in [-0.25, -0.2) is 5.01 Å². The van der Waals surface area contributed by atoms with E-state index in [2.05, 4.69) is 28.2 Å². The minimum Gasteiger partial charge on any atom is -0.271 e. The highest BCUT2D eigenvalue weighted by Gasteiger charge is 2.40. The molecule has 0 bridgehead atoms. The summed E-state index contributed by atoms with van der Waals surface area (Å²) >= 11 is 1.62. The van der Waals surface area contributed by atoms with E-state index in [4.69, 9.17) is 0 Å². The molecule has 1 aliphatic heterocycles. The number of non-ortho nitro benzene ring substituents is 1. The number of rotatable bonds is 6. The van der Waals surface area contributed by atoms with Crippen molar-refractivity contribution < 1.29 is 9.72 Å². The Kier molecular flexibility index (Phi) is 5.92. The normalized spacial score (nSPS) is 17.4. The van der Waals surface area contributed by atoms with Gasteiger partial charge in [-0.15, -0.1) is 11.3 Å². The second-order valence-corrected chi connectivity index (χ2v) is 8.41. The van der Waals surface area contributed by atoms with Crippen LogP contribution in [0, 0.1) is 17.0 Å². The third kappa shape index (κ3) is 4.40. The first kappa shape index (κ1) is 20.9. The SMILES string of the molecule is C/C(=N/N1C(=O)CN(Cc2ccccc2)[C@H]1c1sccc1C)c1ccc([N+](=O)[O-])cc1. The molecule has 0 saturated carbocycles. The molecule has 8 heteroatoms. The molecule has 1 amide bonds. The van der Waals surface area contributed by atoms with Gasteiger partial charge in [-0.3, -0.25) is 19.8 Å². The van der Waals surface area contributed by atoms with Gasteiger partial charge >= 0.3 is 0 Å². The van der Waals surface area contributed by atoms with Gasteiger partial charge in [0, 0.05) is 23.6 Å². The summed E-state index contributed by atoms with van der Waals surface area (Å²) < 4.78 is 0. The monoisotopic (exact) mass is 434 g/mol. The number of benzene rings is 2. The zero-order chi connectivity index (χ0) is 22.0. The summed E-state index contributed by atoms with van der Waals surface area (Å²) in [7, 11) is 0. The van der Waals surface area contributed by atoms with E-state index < -0.39 is 4.92 Å². The average molecular weight is 435 g/mol. The molecule has 158 valence electrons. The molecular weight excluding hydrogens is 412 g/mol. The van der Waals surface area contributed by atoms with Gasteiger partial charge in [-0.2, -0.15) is 5.10 Å². The van der Waals surface area contributed by atoms with Crippen molar-refractivity contribution in [2.75, 3.05) is 6.54 Å². The van der Waals surface area contributed by atoms with Crippen LogP contribution in [0.2, 0.25) is 0 Å². The van der Waals surface area contributed by atoms with Crippen molar-refractivity contribution in [3.63, 3.8) is 0 Å². The van der Waals surface area contributed by atoms with Gasteiger partial charge in [0.05, 0.1) is 17.2 Å². The molecule has 1 fully saturated rings. The molecule has 0 N–H and O–H groups in total. The van der Waals surface area contributed by atoms with Gasteiger partial charge in [-0.1, -0.05) is 30.3 Å². The van der Waals surface area contributed by atoms with Gasteiger partial charge in [0.15, 0.2) is 0 Å². The number of nitrogens with zero attached hydrogens (tertiary/aromatic N) is 4. The van der Waals surface area contributed by atoms with E-state index in [-0.39, 0.29) is 24.3 Å². The first-order valence-corrected chi connectivity index (χ1v) is 10.8. The molecule has 0 aliphatic carbocycles. The van der Waals surface area contributed by atoms with Gasteiger partial charge in [0.25, 0.3) is 11.6 Å². The molecule has 4 rings (SSSR count). The highest BCUT2D eigenvalue weighted by Crippen LogP contribution is 2.37. The molecule has 0 spiro atoms. The minimum atomic E-state index is -0.433. The molecular formula is C23H22N4O3S. The number of hydrogen-bond acceptors (Lipinski definition) is 6. The summed E-state index contributed by atoms with van der Waals surface area (Å²) in [5, 5.41) is 19.2. The molecule has 1 aromatic heterocycles. The quantitative estimate of drug-likeness (QED) is 0.319. The molecule has 2 heterocycles. The van der Waals surface area contributed by atoms with E-state index in [0.29, 0.717) is 12.3 Å². The first-order chi connectivity index (χ1) is 14.9. The van der Waals surface area contributed by atoms with Gasteiger partial charge in [-0.05, 0) is 54.1 Å². The fraction of sp³-hybridized carbons (Fsp3) is 0.217. The highest BCUT2D eigenvalue weighted by molar-refractivity contribution is 7.10. The van der Waals surface area contributed by atoms with Crippen LogP contribution in [0.25, 0.3) is 0 Å². The number of amides is 1. The Labute approximate surface area is 184 Å². The number of aryl methyl sites for hydroxylation is 1. The van der Waals surface area contributed by atoms with Crippen LogP contribution in [0.3, 0.4) is 0 Å². The fourth-order valence-electron chi connectivity index (χ4n) is 3.66. The van der Waals surface area contributed by atoms with Crippen molar-refractivity contribution in [2.24, 2.45) is 5.10 Å². The summed E-state index contributed by atoms with van der Waals surface area (Å²) in [5.74, 6) is -0.0741. The Morgan fingerprint density at radius 2 is 1.87 bits per heavy atom. The molecule has 1 aliphatic rings.